The molecular formula is C24H26NO2Si+. The first-order chi connectivity index (χ1) is 13.2. The van der Waals surface area contributed by atoms with Crippen LogP contribution in [0.15, 0.2) is 34.9 Å². The van der Waals surface area contributed by atoms with Gasteiger partial charge < -0.3 is 9.15 Å². The van der Waals surface area contributed by atoms with E-state index in [2.05, 4.69) is 76.3 Å². The number of hydrogen-bond donors (Lipinski definition) is 0. The topological polar surface area (TPSA) is 26.2 Å². The van der Waals surface area contributed by atoms with Crippen molar-refractivity contribution in [1.29, 1.82) is 0 Å². The summed E-state index contributed by atoms with van der Waals surface area (Å²) in [5.41, 5.74) is 7.19. The molecule has 4 aromatic rings. The van der Waals surface area contributed by atoms with Crippen LogP contribution in [0.4, 0.5) is 0 Å². The third kappa shape index (κ3) is 2.18. The van der Waals surface area contributed by atoms with Gasteiger partial charge in [-0.2, -0.15) is 4.57 Å². The van der Waals surface area contributed by atoms with Crippen molar-refractivity contribution in [3.05, 3.63) is 47.2 Å². The van der Waals surface area contributed by atoms with Crippen LogP contribution in [0.25, 0.3) is 33.1 Å². The van der Waals surface area contributed by atoms with Crippen molar-refractivity contribution >= 4 is 35.1 Å². The van der Waals surface area contributed by atoms with E-state index < -0.39 is 8.07 Å². The van der Waals surface area contributed by atoms with Gasteiger partial charge in [0.2, 0.25) is 0 Å². The molecule has 5 rings (SSSR count). The van der Waals surface area contributed by atoms with Crippen LogP contribution in [0, 0.1) is 20.8 Å². The minimum atomic E-state index is -1.71. The summed E-state index contributed by atoms with van der Waals surface area (Å²) in [7, 11) is 0.381. The zero-order valence-electron chi connectivity index (χ0n) is 17.7. The molecule has 0 unspecified atom stereocenters. The standard InChI is InChI=1S/C24H26NO2Si/c1-13-10-16-12-14(2)15(3)19-20(16)18(11-13)27-22-21(19)25(4)24-17(8-9-26-24)23(22)28(5,6)7/h8-12H,1-7H3/q+1. The van der Waals surface area contributed by atoms with Gasteiger partial charge in [-0.1, -0.05) is 31.8 Å². The van der Waals surface area contributed by atoms with Crippen LogP contribution in [-0.4, -0.2) is 8.07 Å². The molecule has 142 valence electrons. The van der Waals surface area contributed by atoms with Crippen molar-refractivity contribution in [3.8, 4) is 22.8 Å². The van der Waals surface area contributed by atoms with E-state index in [0.29, 0.717) is 0 Å². The lowest BCUT2D eigenvalue weighted by Gasteiger charge is -2.27. The average molecular weight is 389 g/mol. The summed E-state index contributed by atoms with van der Waals surface area (Å²) in [5.74, 6) is 1.99. The molecule has 3 nitrogen and oxygen atoms in total. The molecule has 0 bridgehead atoms. The van der Waals surface area contributed by atoms with Crippen LogP contribution >= 0.6 is 0 Å². The highest BCUT2D eigenvalue weighted by atomic mass is 28.3. The fraction of sp³-hybridized carbons (Fsp3) is 0.292. The molecule has 1 aliphatic heterocycles. The van der Waals surface area contributed by atoms with Gasteiger partial charge in [0, 0.05) is 10.6 Å². The van der Waals surface area contributed by atoms with Crippen LogP contribution in [0.2, 0.25) is 19.6 Å². The number of nitrogens with zero attached hydrogens (tertiary/aromatic N) is 1. The smallest absolute Gasteiger partial charge is 0.380 e. The van der Waals surface area contributed by atoms with Gasteiger partial charge in [0.1, 0.15) is 12.8 Å². The Labute approximate surface area is 166 Å². The molecule has 0 spiro atoms. The fourth-order valence-corrected chi connectivity index (χ4v) is 6.59. The van der Waals surface area contributed by atoms with Crippen LogP contribution < -0.4 is 14.5 Å². The second kappa shape index (κ2) is 5.48. The van der Waals surface area contributed by atoms with Gasteiger partial charge in [0.25, 0.3) is 5.69 Å². The van der Waals surface area contributed by atoms with E-state index in [1.165, 1.54) is 43.6 Å². The van der Waals surface area contributed by atoms with Crippen LogP contribution in [-0.2, 0) is 7.05 Å². The van der Waals surface area contributed by atoms with E-state index in [-0.39, 0.29) is 0 Å². The number of ether oxygens (including phenoxy) is 1. The molecular weight excluding hydrogens is 362 g/mol. The Hall–Kier alpha value is -2.59. The predicted octanol–water partition coefficient (Wildman–Crippen LogP) is 5.65. The van der Waals surface area contributed by atoms with Crippen molar-refractivity contribution in [2.24, 2.45) is 7.05 Å². The Balaban J connectivity index is 2.07. The molecule has 0 fully saturated rings. The third-order valence-corrected chi connectivity index (χ3v) is 8.06. The van der Waals surface area contributed by atoms with E-state index in [1.807, 2.05) is 0 Å². The number of benzene rings is 2. The largest absolute Gasteiger partial charge is 0.450 e. The Kier molecular flexibility index (Phi) is 3.42. The maximum absolute atomic E-state index is 6.71. The van der Waals surface area contributed by atoms with Gasteiger partial charge in [-0.15, -0.1) is 0 Å². The highest BCUT2D eigenvalue weighted by molar-refractivity contribution is 6.91. The monoisotopic (exact) mass is 388 g/mol. The van der Waals surface area contributed by atoms with Crippen molar-refractivity contribution in [1.82, 2.24) is 0 Å². The number of aromatic nitrogens is 1. The molecule has 2 aromatic heterocycles. The van der Waals surface area contributed by atoms with Gasteiger partial charge in [-0.05, 0) is 55.0 Å². The number of rotatable bonds is 1. The molecule has 28 heavy (non-hydrogen) atoms. The highest BCUT2D eigenvalue weighted by Crippen LogP contribution is 2.48. The normalized spacial score (nSPS) is 13.1. The van der Waals surface area contributed by atoms with Crippen LogP contribution in [0.1, 0.15) is 16.7 Å². The Morgan fingerprint density at radius 3 is 2.46 bits per heavy atom. The first kappa shape index (κ1) is 17.5. The van der Waals surface area contributed by atoms with E-state index >= 15 is 0 Å². The molecule has 3 heterocycles. The summed E-state index contributed by atoms with van der Waals surface area (Å²) >= 11 is 0. The molecule has 4 heteroatoms. The van der Waals surface area contributed by atoms with Gasteiger partial charge in [-0.25, -0.2) is 0 Å². The quantitative estimate of drug-likeness (QED) is 0.274. The van der Waals surface area contributed by atoms with Crippen molar-refractivity contribution < 1.29 is 13.7 Å². The second-order valence-corrected chi connectivity index (χ2v) is 14.2. The minimum absolute atomic E-state index is 0.921. The summed E-state index contributed by atoms with van der Waals surface area (Å²) in [6.07, 6.45) is 1.80. The van der Waals surface area contributed by atoms with E-state index in [9.17, 15) is 0 Å². The molecule has 0 N–H and O–H groups in total. The SMILES string of the molecule is Cc1cc2c3c(c(C)c(C)cc3c1)-c1c(c([Si](C)(C)C)c3ccoc3[n+]1C)O2. The van der Waals surface area contributed by atoms with Crippen molar-refractivity contribution in [3.63, 3.8) is 0 Å². The second-order valence-electron chi connectivity index (χ2n) is 9.16. The Bertz CT molecular complexity index is 1310. The number of furan rings is 1. The predicted molar refractivity (Wildman–Crippen MR) is 118 cm³/mol. The van der Waals surface area contributed by atoms with Gasteiger partial charge in [0.05, 0.1) is 25.3 Å². The molecule has 1 aliphatic rings. The van der Waals surface area contributed by atoms with E-state index in [4.69, 9.17) is 9.15 Å². The minimum Gasteiger partial charge on any atom is -0.450 e. The fourth-order valence-electron chi connectivity index (χ4n) is 4.75. The number of pyridine rings is 1. The summed E-state index contributed by atoms with van der Waals surface area (Å²) < 4.78 is 14.8. The lowest BCUT2D eigenvalue weighted by molar-refractivity contribution is -0.640. The maximum Gasteiger partial charge on any atom is 0.380 e. The summed E-state index contributed by atoms with van der Waals surface area (Å²) in [4.78, 5) is 0. The zero-order chi connectivity index (χ0) is 20.0. The first-order valence-corrected chi connectivity index (χ1v) is 13.3. The van der Waals surface area contributed by atoms with E-state index in [1.54, 1.807) is 6.26 Å². The van der Waals surface area contributed by atoms with Gasteiger partial charge in [0.15, 0.2) is 5.75 Å². The molecule has 0 saturated heterocycles. The summed E-state index contributed by atoms with van der Waals surface area (Å²) in [5, 5.41) is 4.97. The van der Waals surface area contributed by atoms with Crippen LogP contribution in [0.3, 0.4) is 0 Å². The van der Waals surface area contributed by atoms with Gasteiger partial charge in [-0.3, -0.25) is 0 Å². The summed E-state index contributed by atoms with van der Waals surface area (Å²) in [6.45, 7) is 13.7. The third-order valence-electron chi connectivity index (χ3n) is 6.06. The lowest BCUT2D eigenvalue weighted by Crippen LogP contribution is -2.44. The van der Waals surface area contributed by atoms with Crippen molar-refractivity contribution in [2.45, 2.75) is 40.4 Å². The molecule has 0 atom stereocenters. The van der Waals surface area contributed by atoms with Crippen LogP contribution in [0.5, 0.6) is 11.5 Å². The Morgan fingerprint density at radius 1 is 1.00 bits per heavy atom. The van der Waals surface area contributed by atoms with Gasteiger partial charge >= 0.3 is 5.71 Å². The molecule has 0 amide bonds. The first-order valence-electron chi connectivity index (χ1n) is 9.85. The van der Waals surface area contributed by atoms with Crippen molar-refractivity contribution in [2.75, 3.05) is 0 Å². The molecule has 0 saturated carbocycles. The Morgan fingerprint density at radius 2 is 1.75 bits per heavy atom. The number of hydrogen-bond acceptors (Lipinski definition) is 2. The number of fused-ring (bicyclic) bond motifs is 3. The zero-order valence-corrected chi connectivity index (χ0v) is 18.7. The molecule has 2 aromatic carbocycles. The molecule has 0 radical (unpaired) electrons. The average Bonchev–Trinajstić information content (AvgIpc) is 3.06. The lowest BCUT2D eigenvalue weighted by atomic mass is 9.90. The number of aryl methyl sites for hydroxylation is 3. The molecule has 0 aliphatic carbocycles. The summed E-state index contributed by atoms with van der Waals surface area (Å²) in [6, 6.07) is 8.81. The highest BCUT2D eigenvalue weighted by Gasteiger charge is 2.39. The van der Waals surface area contributed by atoms with E-state index in [0.717, 1.165) is 22.9 Å². The maximum atomic E-state index is 6.71.